The van der Waals surface area contributed by atoms with Crippen molar-refractivity contribution in [2.45, 2.75) is 33.6 Å². The van der Waals surface area contributed by atoms with Crippen molar-refractivity contribution >= 4 is 36.4 Å². The summed E-state index contributed by atoms with van der Waals surface area (Å²) < 4.78 is 0. The highest BCUT2D eigenvalue weighted by atomic mass is 35.5. The van der Waals surface area contributed by atoms with Gasteiger partial charge in [-0.2, -0.15) is 0 Å². The Morgan fingerprint density at radius 2 is 1.61 bits per heavy atom. The molecule has 0 heterocycles. The number of nitrogens with zero attached hydrogens (tertiary/aromatic N) is 1. The molecule has 1 aromatic rings. The van der Waals surface area contributed by atoms with Crippen LogP contribution in [0.2, 0.25) is 0 Å². The lowest BCUT2D eigenvalue weighted by molar-refractivity contribution is 0.0954. The summed E-state index contributed by atoms with van der Waals surface area (Å²) in [4.78, 5) is 14.3. The lowest BCUT2D eigenvalue weighted by atomic mass is 10.1. The second-order valence-electron chi connectivity index (χ2n) is 5.13. The number of hydrogen-bond acceptors (Lipinski definition) is 3. The van der Waals surface area contributed by atoms with Crippen molar-refractivity contribution in [3.05, 3.63) is 29.8 Å². The van der Waals surface area contributed by atoms with Crippen LogP contribution in [0.4, 0.5) is 5.69 Å². The second kappa shape index (κ2) is 14.6. The minimum atomic E-state index is -0.00149. The summed E-state index contributed by atoms with van der Waals surface area (Å²) in [6.45, 7) is 11.0. The monoisotopic (exact) mass is 363 g/mol. The van der Waals surface area contributed by atoms with Gasteiger partial charge in [-0.05, 0) is 50.6 Å². The number of rotatable bonds is 10. The average molecular weight is 364 g/mol. The van der Waals surface area contributed by atoms with Crippen LogP contribution in [-0.4, -0.2) is 38.6 Å². The molecule has 0 aliphatic heterocycles. The molecule has 0 fully saturated rings. The Bertz CT molecular complexity index is 413. The molecule has 0 saturated heterocycles. The van der Waals surface area contributed by atoms with Gasteiger partial charge >= 0.3 is 0 Å². The van der Waals surface area contributed by atoms with E-state index in [1.165, 1.54) is 5.69 Å². The van der Waals surface area contributed by atoms with E-state index >= 15 is 0 Å². The van der Waals surface area contributed by atoms with E-state index < -0.39 is 0 Å². The molecular weight excluding hydrogens is 333 g/mol. The summed E-state index contributed by atoms with van der Waals surface area (Å²) in [5.74, 6) is -0.00149. The Morgan fingerprint density at radius 1 is 0.957 bits per heavy atom. The van der Waals surface area contributed by atoms with Crippen LogP contribution in [0.1, 0.15) is 44.0 Å². The summed E-state index contributed by atoms with van der Waals surface area (Å²) in [5.41, 5.74) is 1.90. The highest BCUT2D eigenvalue weighted by Gasteiger charge is 2.07. The molecule has 0 bridgehead atoms. The van der Waals surface area contributed by atoms with Gasteiger partial charge in [0.1, 0.15) is 0 Å². The van der Waals surface area contributed by atoms with Gasteiger partial charge < -0.3 is 15.5 Å². The van der Waals surface area contributed by atoms with Gasteiger partial charge in [0, 0.05) is 37.4 Å². The normalized spacial score (nSPS) is 9.52. The molecule has 0 saturated carbocycles. The molecule has 6 heteroatoms. The van der Waals surface area contributed by atoms with Gasteiger partial charge in [0.15, 0.2) is 0 Å². The maximum atomic E-state index is 12.0. The highest BCUT2D eigenvalue weighted by molar-refractivity contribution is 5.94. The molecule has 0 aromatic heterocycles. The quantitative estimate of drug-likeness (QED) is 0.625. The summed E-state index contributed by atoms with van der Waals surface area (Å²) in [6.07, 6.45) is 2.24. The molecule has 0 aliphatic carbocycles. The van der Waals surface area contributed by atoms with Crippen molar-refractivity contribution in [2.24, 2.45) is 0 Å². The Balaban J connectivity index is 0. The van der Waals surface area contributed by atoms with E-state index in [9.17, 15) is 4.79 Å². The highest BCUT2D eigenvalue weighted by Crippen LogP contribution is 2.15. The maximum Gasteiger partial charge on any atom is 0.251 e. The van der Waals surface area contributed by atoms with Gasteiger partial charge in [-0.15, -0.1) is 24.8 Å². The molecule has 1 aromatic carbocycles. The van der Waals surface area contributed by atoms with E-state index in [0.29, 0.717) is 6.54 Å². The third kappa shape index (κ3) is 9.04. The Morgan fingerprint density at radius 3 is 2.13 bits per heavy atom. The number of carbonyl (C=O) groups is 1. The number of hydrogen-bond donors (Lipinski definition) is 2. The van der Waals surface area contributed by atoms with Crippen LogP contribution >= 0.6 is 24.8 Å². The van der Waals surface area contributed by atoms with Crippen LogP contribution in [0.15, 0.2) is 24.3 Å². The first kappa shape index (κ1) is 24.3. The van der Waals surface area contributed by atoms with Crippen molar-refractivity contribution in [2.75, 3.05) is 37.6 Å². The fraction of sp³-hybridized carbons (Fsp3) is 0.588. The van der Waals surface area contributed by atoms with Crippen molar-refractivity contribution in [3.8, 4) is 0 Å². The molecule has 0 spiro atoms. The van der Waals surface area contributed by atoms with Gasteiger partial charge in [0.05, 0.1) is 0 Å². The lowest BCUT2D eigenvalue weighted by Gasteiger charge is -2.22. The van der Waals surface area contributed by atoms with Crippen LogP contribution in [0, 0.1) is 0 Å². The Kier molecular flexibility index (Phi) is 15.4. The molecule has 0 unspecified atom stereocenters. The van der Waals surface area contributed by atoms with Crippen LogP contribution < -0.4 is 15.5 Å². The molecular formula is C17H31Cl2N3O. The van der Waals surface area contributed by atoms with Crippen LogP contribution in [0.3, 0.4) is 0 Å². The van der Waals surface area contributed by atoms with E-state index in [0.717, 1.165) is 44.6 Å². The van der Waals surface area contributed by atoms with E-state index in [2.05, 4.69) is 36.3 Å². The van der Waals surface area contributed by atoms with Crippen molar-refractivity contribution < 1.29 is 4.79 Å². The largest absolute Gasteiger partial charge is 0.372 e. The second-order valence-corrected chi connectivity index (χ2v) is 5.13. The first-order chi connectivity index (χ1) is 10.2. The Hall–Kier alpha value is -0.970. The van der Waals surface area contributed by atoms with Crippen molar-refractivity contribution in [1.29, 1.82) is 0 Å². The standard InChI is InChI=1S/C17H29N3O.2ClH/c1-4-11-18-12-13-19-17(21)15-7-9-16(10-8-15)20(6-3)14-5-2;;/h7-10,18H,4-6,11-14H2,1-3H3,(H,19,21);2*1H. The number of amides is 1. The molecule has 1 amide bonds. The number of carbonyl (C=O) groups excluding carboxylic acids is 1. The molecule has 0 aliphatic rings. The zero-order valence-corrected chi connectivity index (χ0v) is 16.1. The molecule has 2 N–H and O–H groups in total. The van der Waals surface area contributed by atoms with Gasteiger partial charge in [-0.1, -0.05) is 13.8 Å². The molecule has 0 atom stereocenters. The fourth-order valence-electron chi connectivity index (χ4n) is 2.23. The first-order valence-corrected chi connectivity index (χ1v) is 8.06. The third-order valence-corrected chi connectivity index (χ3v) is 3.38. The lowest BCUT2D eigenvalue weighted by Crippen LogP contribution is -2.32. The van der Waals surface area contributed by atoms with Crippen LogP contribution in [0.5, 0.6) is 0 Å². The molecule has 23 heavy (non-hydrogen) atoms. The summed E-state index contributed by atoms with van der Waals surface area (Å²) in [7, 11) is 0. The number of nitrogens with one attached hydrogen (secondary N) is 2. The summed E-state index contributed by atoms with van der Waals surface area (Å²) in [5, 5.41) is 6.20. The SMILES string of the molecule is CCCNCCNC(=O)c1ccc(N(CC)CCC)cc1.Cl.Cl. The number of anilines is 1. The van der Waals surface area contributed by atoms with E-state index in [-0.39, 0.29) is 30.7 Å². The smallest absolute Gasteiger partial charge is 0.251 e. The van der Waals surface area contributed by atoms with Gasteiger partial charge in [0.2, 0.25) is 0 Å². The van der Waals surface area contributed by atoms with Crippen LogP contribution in [-0.2, 0) is 0 Å². The minimum Gasteiger partial charge on any atom is -0.372 e. The van der Waals surface area contributed by atoms with E-state index in [1.54, 1.807) is 0 Å². The molecule has 1 rings (SSSR count). The van der Waals surface area contributed by atoms with E-state index in [1.807, 2.05) is 24.3 Å². The first-order valence-electron chi connectivity index (χ1n) is 8.06. The molecule has 0 radical (unpaired) electrons. The zero-order chi connectivity index (χ0) is 15.5. The molecule has 134 valence electrons. The van der Waals surface area contributed by atoms with Gasteiger partial charge in [-0.3, -0.25) is 4.79 Å². The van der Waals surface area contributed by atoms with Crippen molar-refractivity contribution in [1.82, 2.24) is 10.6 Å². The number of benzene rings is 1. The Labute approximate surface area is 153 Å². The van der Waals surface area contributed by atoms with Crippen LogP contribution in [0.25, 0.3) is 0 Å². The minimum absolute atomic E-state index is 0. The summed E-state index contributed by atoms with van der Waals surface area (Å²) >= 11 is 0. The topological polar surface area (TPSA) is 44.4 Å². The molecule has 4 nitrogen and oxygen atoms in total. The zero-order valence-electron chi connectivity index (χ0n) is 14.4. The summed E-state index contributed by atoms with van der Waals surface area (Å²) in [6, 6.07) is 7.87. The third-order valence-electron chi connectivity index (χ3n) is 3.38. The van der Waals surface area contributed by atoms with Gasteiger partial charge in [-0.25, -0.2) is 0 Å². The predicted octanol–water partition coefficient (Wildman–Crippen LogP) is 3.50. The predicted molar refractivity (Wildman–Crippen MR) is 105 cm³/mol. The maximum absolute atomic E-state index is 12.0. The van der Waals surface area contributed by atoms with Crippen molar-refractivity contribution in [3.63, 3.8) is 0 Å². The fourth-order valence-corrected chi connectivity index (χ4v) is 2.23. The number of halogens is 2. The van der Waals surface area contributed by atoms with E-state index in [4.69, 9.17) is 0 Å². The van der Waals surface area contributed by atoms with Gasteiger partial charge in [0.25, 0.3) is 5.91 Å². The average Bonchev–Trinajstić information content (AvgIpc) is 2.52.